The van der Waals surface area contributed by atoms with Gasteiger partial charge in [-0.1, -0.05) is 189 Å². The summed E-state index contributed by atoms with van der Waals surface area (Å²) in [5.74, 6) is 2.07. The summed E-state index contributed by atoms with van der Waals surface area (Å²) in [6, 6.07) is 53.0. The fourth-order valence-electron chi connectivity index (χ4n) is 9.38. The molecule has 4 heteroatoms. The lowest BCUT2D eigenvalue weighted by Crippen LogP contribution is -2.44. The molecule has 2 heterocycles. The largest absolute Gasteiger partial charge is 0.313 e. The smallest absolute Gasteiger partial charge is 0.211 e. The van der Waals surface area contributed by atoms with Crippen molar-refractivity contribution in [3.8, 4) is 22.3 Å². The monoisotopic (exact) mass is 736 g/mol. The number of fused-ring (bicyclic) bond motifs is 7. The SMILES string of the molecule is C/C=C\C=C/CC1(c2ccccc2)c2ccccc2-c2ccc3c4cc(-c5ccccc5)ccc4n(C4=NC(c5ccccc5)N=C(C5C=CC=CC5C)N4)c3c21. The number of hydrogen-bond acceptors (Lipinski definition) is 3. The van der Waals surface area contributed by atoms with Gasteiger partial charge in [0.2, 0.25) is 5.96 Å². The summed E-state index contributed by atoms with van der Waals surface area (Å²) in [4.78, 5) is 10.9. The standard InChI is InChI=1S/C53H44N4/c1-3-4-5-19-34-53(40-25-13-8-14-26-40)46-29-18-17-28-42(46)43-31-32-44-45-35-39(37-21-9-6-10-22-37)30-33-47(45)57(49(44)48(43)53)52-55-50(38-23-11-7-12-24-38)54-51(56-52)41-27-16-15-20-36(41)2/h3-33,35-36,41,50H,34H2,1-2H3,(H,54,55,56)/b4-3-,19-5-. The minimum absolute atomic E-state index is 0.0830. The van der Waals surface area contributed by atoms with Gasteiger partial charge in [0.15, 0.2) is 6.17 Å². The number of nitrogens with zero attached hydrogens (tertiary/aromatic N) is 3. The van der Waals surface area contributed by atoms with Crippen molar-refractivity contribution in [1.82, 2.24) is 9.88 Å². The third-order valence-corrected chi connectivity index (χ3v) is 12.1. The topological polar surface area (TPSA) is 41.7 Å². The second kappa shape index (κ2) is 14.4. The molecular formula is C53H44N4. The van der Waals surface area contributed by atoms with Crippen molar-refractivity contribution >= 4 is 33.6 Å². The second-order valence-corrected chi connectivity index (χ2v) is 15.3. The van der Waals surface area contributed by atoms with Crippen LogP contribution in [-0.4, -0.2) is 16.4 Å². The molecule has 4 nitrogen and oxygen atoms in total. The van der Waals surface area contributed by atoms with E-state index in [-0.39, 0.29) is 11.8 Å². The van der Waals surface area contributed by atoms with Crippen LogP contribution >= 0.6 is 0 Å². The molecule has 4 atom stereocenters. The normalized spacial score (nSPS) is 21.2. The zero-order valence-electron chi connectivity index (χ0n) is 32.3. The van der Waals surface area contributed by atoms with Gasteiger partial charge in [0.25, 0.3) is 0 Å². The molecule has 6 aromatic carbocycles. The van der Waals surface area contributed by atoms with Gasteiger partial charge in [0.1, 0.15) is 5.84 Å². The lowest BCUT2D eigenvalue weighted by molar-refractivity contribution is 0.607. The summed E-state index contributed by atoms with van der Waals surface area (Å²) in [6.45, 7) is 4.34. The first kappa shape index (κ1) is 34.7. The predicted octanol–water partition coefficient (Wildman–Crippen LogP) is 12.6. The Morgan fingerprint density at radius 1 is 0.684 bits per heavy atom. The number of rotatable bonds is 7. The minimum Gasteiger partial charge on any atom is -0.313 e. The first-order chi connectivity index (χ1) is 28.2. The highest BCUT2D eigenvalue weighted by Gasteiger charge is 2.46. The van der Waals surface area contributed by atoms with Crippen LogP contribution in [0.4, 0.5) is 0 Å². The molecule has 4 unspecified atom stereocenters. The van der Waals surface area contributed by atoms with E-state index in [4.69, 9.17) is 9.98 Å². The molecule has 3 aliphatic rings. The lowest BCUT2D eigenvalue weighted by atomic mass is 9.69. The molecule has 2 aliphatic carbocycles. The number of benzene rings is 6. The summed E-state index contributed by atoms with van der Waals surface area (Å²) < 4.78 is 2.43. The quantitative estimate of drug-likeness (QED) is 0.163. The Balaban J connectivity index is 1.32. The third-order valence-electron chi connectivity index (χ3n) is 12.1. The second-order valence-electron chi connectivity index (χ2n) is 15.3. The van der Waals surface area contributed by atoms with Crippen LogP contribution < -0.4 is 5.32 Å². The molecule has 0 spiro atoms. The van der Waals surface area contributed by atoms with Crippen LogP contribution in [0, 0.1) is 11.8 Å². The number of aromatic nitrogens is 1. The van der Waals surface area contributed by atoms with E-state index in [9.17, 15) is 0 Å². The first-order valence-electron chi connectivity index (χ1n) is 20.1. The van der Waals surface area contributed by atoms with Gasteiger partial charge in [0, 0.05) is 22.3 Å². The summed E-state index contributed by atoms with van der Waals surface area (Å²) in [7, 11) is 0. The number of nitrogens with one attached hydrogen (secondary N) is 1. The average molecular weight is 737 g/mol. The highest BCUT2D eigenvalue weighted by molar-refractivity contribution is 6.20. The van der Waals surface area contributed by atoms with Crippen LogP contribution in [0.1, 0.15) is 48.7 Å². The fourth-order valence-corrected chi connectivity index (χ4v) is 9.38. The number of hydrogen-bond donors (Lipinski definition) is 1. The van der Waals surface area contributed by atoms with Crippen LogP contribution in [0.5, 0.6) is 0 Å². The van der Waals surface area contributed by atoms with Crippen LogP contribution in [0.15, 0.2) is 204 Å². The predicted molar refractivity (Wildman–Crippen MR) is 239 cm³/mol. The zero-order valence-corrected chi connectivity index (χ0v) is 32.3. The van der Waals surface area contributed by atoms with E-state index in [1.807, 2.05) is 0 Å². The average Bonchev–Trinajstić information content (AvgIpc) is 3.76. The Kier molecular flexibility index (Phi) is 8.75. The van der Waals surface area contributed by atoms with E-state index in [0.29, 0.717) is 0 Å². The van der Waals surface area contributed by atoms with E-state index >= 15 is 0 Å². The fraction of sp³-hybridized carbons (Fsp3) is 0.132. The van der Waals surface area contributed by atoms with Crippen molar-refractivity contribution < 1.29 is 0 Å². The van der Waals surface area contributed by atoms with Crippen molar-refractivity contribution in [2.45, 2.75) is 31.8 Å². The van der Waals surface area contributed by atoms with Crippen molar-refractivity contribution in [3.05, 3.63) is 216 Å². The maximum Gasteiger partial charge on any atom is 0.211 e. The van der Waals surface area contributed by atoms with Crippen LogP contribution in [-0.2, 0) is 5.41 Å². The Bertz CT molecular complexity index is 2820. The van der Waals surface area contributed by atoms with Crippen molar-refractivity contribution in [3.63, 3.8) is 0 Å². The molecule has 57 heavy (non-hydrogen) atoms. The molecule has 0 bridgehead atoms. The van der Waals surface area contributed by atoms with E-state index in [2.05, 4.69) is 218 Å². The Hall–Kier alpha value is -6.78. The maximum absolute atomic E-state index is 5.54. The van der Waals surface area contributed by atoms with Gasteiger partial charge in [0.05, 0.1) is 16.4 Å². The molecule has 7 aromatic rings. The summed E-state index contributed by atoms with van der Waals surface area (Å²) in [6.07, 6.45) is 18.0. The van der Waals surface area contributed by atoms with Crippen LogP contribution in [0.2, 0.25) is 0 Å². The molecule has 276 valence electrons. The molecule has 0 amide bonds. The van der Waals surface area contributed by atoms with Gasteiger partial charge in [-0.2, -0.15) is 0 Å². The van der Waals surface area contributed by atoms with Crippen molar-refractivity contribution in [2.24, 2.45) is 21.8 Å². The molecule has 1 N–H and O–H groups in total. The molecule has 0 radical (unpaired) electrons. The summed E-state index contributed by atoms with van der Waals surface area (Å²) >= 11 is 0. The van der Waals surface area contributed by atoms with Gasteiger partial charge < -0.3 is 5.32 Å². The Labute approximate surface area is 334 Å². The number of amidine groups is 1. The van der Waals surface area contributed by atoms with E-state index in [1.54, 1.807) is 0 Å². The van der Waals surface area contributed by atoms with Crippen LogP contribution in [0.25, 0.3) is 44.1 Å². The van der Waals surface area contributed by atoms with Crippen molar-refractivity contribution in [1.29, 1.82) is 0 Å². The highest BCUT2D eigenvalue weighted by Crippen LogP contribution is 2.57. The number of allylic oxidation sites excluding steroid dienone is 7. The zero-order chi connectivity index (χ0) is 38.3. The Morgan fingerprint density at radius 3 is 2.21 bits per heavy atom. The molecule has 1 aliphatic heterocycles. The van der Waals surface area contributed by atoms with Gasteiger partial charge in [-0.3, -0.25) is 4.57 Å². The molecular weight excluding hydrogens is 693 g/mol. The van der Waals surface area contributed by atoms with Crippen LogP contribution in [0.3, 0.4) is 0 Å². The van der Waals surface area contributed by atoms with E-state index < -0.39 is 11.6 Å². The molecule has 1 aromatic heterocycles. The lowest BCUT2D eigenvalue weighted by Gasteiger charge is -2.34. The first-order valence-corrected chi connectivity index (χ1v) is 20.1. The highest BCUT2D eigenvalue weighted by atomic mass is 15.3. The van der Waals surface area contributed by atoms with Gasteiger partial charge in [-0.25, -0.2) is 9.98 Å². The van der Waals surface area contributed by atoms with Gasteiger partial charge >= 0.3 is 0 Å². The maximum atomic E-state index is 5.54. The van der Waals surface area contributed by atoms with E-state index in [0.717, 1.165) is 29.3 Å². The Morgan fingerprint density at radius 2 is 1.42 bits per heavy atom. The van der Waals surface area contributed by atoms with Gasteiger partial charge in [-0.15, -0.1) is 0 Å². The summed E-state index contributed by atoms with van der Waals surface area (Å²) in [5, 5.41) is 6.27. The van der Waals surface area contributed by atoms with Crippen molar-refractivity contribution in [2.75, 3.05) is 0 Å². The van der Waals surface area contributed by atoms with E-state index in [1.165, 1.54) is 55.2 Å². The van der Waals surface area contributed by atoms with Gasteiger partial charge in [-0.05, 0) is 70.3 Å². The third kappa shape index (κ3) is 5.74. The molecule has 0 saturated carbocycles. The molecule has 10 rings (SSSR count). The molecule has 0 saturated heterocycles. The minimum atomic E-state index is -0.477. The summed E-state index contributed by atoms with van der Waals surface area (Å²) in [5.41, 5.74) is 11.7. The number of aliphatic imine (C=N–C) groups is 2. The molecule has 0 fully saturated rings.